The summed E-state index contributed by atoms with van der Waals surface area (Å²) in [5.41, 5.74) is 2.59. The Hall–Kier alpha value is -9.76. The molecule has 3 heterocycles. The van der Waals surface area contributed by atoms with E-state index in [1.807, 2.05) is 115 Å². The van der Waals surface area contributed by atoms with Gasteiger partial charge >= 0.3 is 6.09 Å². The molecule has 6 aromatic rings. The predicted octanol–water partition coefficient (Wildman–Crippen LogP) is 6.07. The van der Waals surface area contributed by atoms with Gasteiger partial charge in [-0.1, -0.05) is 141 Å². The number of carbonyl (C=O) groups excluding carboxylic acids is 8. The van der Waals surface area contributed by atoms with Crippen molar-refractivity contribution in [3.63, 3.8) is 0 Å². The van der Waals surface area contributed by atoms with Crippen LogP contribution in [0.2, 0.25) is 0 Å². The Morgan fingerprint density at radius 2 is 0.989 bits per heavy atom. The summed E-state index contributed by atoms with van der Waals surface area (Å²) in [5.74, 6) is -2.93. The minimum absolute atomic E-state index is 0.0383. The molecule has 2 saturated carbocycles. The van der Waals surface area contributed by atoms with Crippen molar-refractivity contribution < 1.29 is 43.1 Å². The maximum atomic E-state index is 13.8. The van der Waals surface area contributed by atoms with E-state index in [1.54, 1.807) is 0 Å². The lowest BCUT2D eigenvalue weighted by Crippen LogP contribution is -2.55. The molecule has 4 aliphatic rings. The second kappa shape index (κ2) is 31.1. The van der Waals surface area contributed by atoms with Crippen molar-refractivity contribution in [2.75, 3.05) is 13.1 Å². The van der Waals surface area contributed by atoms with Gasteiger partial charge in [0.2, 0.25) is 35.4 Å². The predicted molar refractivity (Wildman–Crippen MR) is 326 cm³/mol. The number of nitrogens with zero attached hydrogens (tertiary/aromatic N) is 4. The first-order valence-electron chi connectivity index (χ1n) is 30.3. The van der Waals surface area contributed by atoms with Crippen LogP contribution in [0.4, 0.5) is 4.79 Å². The molecule has 1 aromatic heterocycles. The van der Waals surface area contributed by atoms with E-state index in [1.165, 1.54) is 18.6 Å². The molecule has 4 fully saturated rings. The monoisotopic (exact) mass is 1190 g/mol. The van der Waals surface area contributed by atoms with Crippen LogP contribution in [-0.4, -0.2) is 107 Å². The molecular weight excluding hydrogens is 1120 g/mol. The minimum atomic E-state index is -1.04. The highest BCUT2D eigenvalue weighted by Gasteiger charge is 2.37. The highest BCUT2D eigenvalue weighted by Crippen LogP contribution is 2.35. The second-order valence-electron chi connectivity index (χ2n) is 23.2. The Morgan fingerprint density at radius 1 is 0.523 bits per heavy atom. The number of rotatable bonds is 25. The van der Waals surface area contributed by atoms with E-state index in [4.69, 9.17) is 4.74 Å². The maximum absolute atomic E-state index is 13.8. The molecule has 21 heteroatoms. The molecule has 5 aromatic carbocycles. The largest absolute Gasteiger partial charge is 0.445 e. The molecule has 8 unspecified atom stereocenters. The van der Waals surface area contributed by atoms with E-state index in [0.717, 1.165) is 76.8 Å². The summed E-state index contributed by atoms with van der Waals surface area (Å²) in [6, 6.07) is 35.0. The van der Waals surface area contributed by atoms with Gasteiger partial charge in [-0.15, -0.1) is 0 Å². The van der Waals surface area contributed by atoms with E-state index in [-0.39, 0.29) is 73.5 Å². The van der Waals surface area contributed by atoms with Gasteiger partial charge in [-0.25, -0.2) is 9.78 Å². The Kier molecular flexibility index (Phi) is 22.1. The number of fused-ring (bicyclic) bond motifs is 2. The van der Waals surface area contributed by atoms with Gasteiger partial charge in [-0.05, 0) is 101 Å². The lowest BCUT2D eigenvalue weighted by atomic mass is 9.92. The van der Waals surface area contributed by atoms with Crippen molar-refractivity contribution in [2.24, 2.45) is 23.7 Å². The molecule has 0 spiro atoms. The Balaban J connectivity index is 0.000000210. The fourth-order valence-corrected chi connectivity index (χ4v) is 11.3. The topological polar surface area (TPSA) is 315 Å². The summed E-state index contributed by atoms with van der Waals surface area (Å²) < 4.78 is 5.43. The average Bonchev–Trinajstić information content (AvgIpc) is 3.88. The van der Waals surface area contributed by atoms with Gasteiger partial charge in [0.25, 0.3) is 5.91 Å². The van der Waals surface area contributed by atoms with Gasteiger partial charge in [0.1, 0.15) is 48.6 Å². The smallest absolute Gasteiger partial charge is 0.408 e. The molecule has 88 heavy (non-hydrogen) atoms. The Morgan fingerprint density at radius 3 is 1.45 bits per heavy atom. The third-order valence-electron chi connectivity index (χ3n) is 16.4. The van der Waals surface area contributed by atoms with E-state index in [2.05, 4.69) is 64.6 Å². The zero-order valence-corrected chi connectivity index (χ0v) is 49.0. The molecule has 0 radical (unpaired) electrons. The Labute approximate surface area is 510 Å². The van der Waals surface area contributed by atoms with Gasteiger partial charge < -0.3 is 47.3 Å². The third-order valence-corrected chi connectivity index (χ3v) is 16.4. The van der Waals surface area contributed by atoms with Crippen LogP contribution < -0.4 is 42.5 Å². The third kappa shape index (κ3) is 18.4. The number of amides is 8. The molecule has 8 amide bonds. The number of alkyl carbamates (subject to hydrolysis) is 1. The van der Waals surface area contributed by atoms with Gasteiger partial charge in [0.05, 0.1) is 18.3 Å². The first-order chi connectivity index (χ1) is 42.8. The van der Waals surface area contributed by atoms with Gasteiger partial charge in [0, 0.05) is 50.2 Å². The van der Waals surface area contributed by atoms with Crippen molar-refractivity contribution in [3.05, 3.63) is 156 Å². The molecular formula is C67H74N12O9. The summed E-state index contributed by atoms with van der Waals surface area (Å²) in [4.78, 5) is 113. The molecule has 21 nitrogen and oxygen atoms in total. The number of hydrogen-bond acceptors (Lipinski definition) is 13. The molecule has 2 aliphatic heterocycles. The maximum Gasteiger partial charge on any atom is 0.408 e. The van der Waals surface area contributed by atoms with Crippen molar-refractivity contribution in [2.45, 2.75) is 133 Å². The average molecular weight is 1190 g/mol. The van der Waals surface area contributed by atoms with Crippen LogP contribution in [0.15, 0.2) is 134 Å². The first kappa shape index (κ1) is 62.8. The van der Waals surface area contributed by atoms with Crippen LogP contribution in [0.3, 0.4) is 0 Å². The fourth-order valence-electron chi connectivity index (χ4n) is 11.3. The number of hydrogen-bond donors (Lipinski definition) is 8. The van der Waals surface area contributed by atoms with Gasteiger partial charge in [-0.3, -0.25) is 38.5 Å². The van der Waals surface area contributed by atoms with Crippen LogP contribution in [0.25, 0.3) is 21.5 Å². The standard InChI is InChI=1S/C35H39N5O5.C32H35N7O4/c36-21-28(19-27-13-7-17-37-32(27)41)38-33(42)30(18-23-15-16-23)39-34(43)31(40-35(44)45-22-24-8-2-1-3-9-24)20-26-12-6-11-25-10-4-5-14-29(25)26;33-18-24(16-23-8-4-12-36-29(23)40)37-30(41)26(15-20-10-11-20)38-31(42)27(39-32(43)28-19-34-13-14-35-28)17-22-7-3-6-21-5-1-2-9-25(21)22/h1-6,8-12,14,23,27-28,30-31H,7,13,15-20,22H2,(H,37,41)(H,38,42)(H,39,43)(H,40,44);1-3,5-7,9,13-14,19-20,23-24,26-27H,4,8,10-12,15-17H2,(H,36,40)(H,37,41)(H,38,42)(H,39,43). The van der Waals surface area contributed by atoms with E-state index < -0.39 is 71.9 Å². The number of nitriles is 2. The van der Waals surface area contributed by atoms with Crippen LogP contribution in [0, 0.1) is 46.3 Å². The molecule has 2 saturated heterocycles. The van der Waals surface area contributed by atoms with E-state index in [0.29, 0.717) is 38.8 Å². The molecule has 10 rings (SSSR count). The number of nitrogens with one attached hydrogen (secondary N) is 8. The number of piperidine rings is 2. The van der Waals surface area contributed by atoms with Gasteiger partial charge in [0.15, 0.2) is 0 Å². The summed E-state index contributed by atoms with van der Waals surface area (Å²) in [6.45, 7) is 1.26. The van der Waals surface area contributed by atoms with Crippen LogP contribution >= 0.6 is 0 Å². The van der Waals surface area contributed by atoms with Crippen LogP contribution in [-0.2, 0) is 53.0 Å². The molecule has 2 aliphatic carbocycles. The van der Waals surface area contributed by atoms with Crippen molar-refractivity contribution >= 4 is 69.0 Å². The van der Waals surface area contributed by atoms with Gasteiger partial charge in [-0.2, -0.15) is 10.5 Å². The SMILES string of the molecule is N#CC(CC1CCCNC1=O)NC(=O)C(CC1CC1)NC(=O)C(Cc1cccc2ccccc12)NC(=O)OCc1ccccc1.N#CC(CC1CCCNC1=O)NC(=O)C(CC1CC1)NC(=O)C(Cc1cccc2ccccc12)NC(=O)c1cnccn1. The fraction of sp³-hybridized carbons (Fsp3) is 0.403. The summed E-state index contributed by atoms with van der Waals surface area (Å²) in [5, 5.41) is 45.8. The normalized spacial score (nSPS) is 18.2. The van der Waals surface area contributed by atoms with Crippen LogP contribution in [0.5, 0.6) is 0 Å². The molecule has 0 bridgehead atoms. The zero-order chi connectivity index (χ0) is 61.8. The number of aromatic nitrogens is 2. The van der Waals surface area contributed by atoms with E-state index in [9.17, 15) is 48.9 Å². The summed E-state index contributed by atoms with van der Waals surface area (Å²) in [7, 11) is 0. The minimum Gasteiger partial charge on any atom is -0.445 e. The second-order valence-corrected chi connectivity index (χ2v) is 23.2. The van der Waals surface area contributed by atoms with Crippen LogP contribution in [0.1, 0.15) is 104 Å². The lowest BCUT2D eigenvalue weighted by Gasteiger charge is -2.26. The summed E-state index contributed by atoms with van der Waals surface area (Å²) in [6.07, 6.45) is 11.8. The summed E-state index contributed by atoms with van der Waals surface area (Å²) >= 11 is 0. The van der Waals surface area contributed by atoms with Crippen molar-refractivity contribution in [1.29, 1.82) is 10.5 Å². The zero-order valence-electron chi connectivity index (χ0n) is 49.0. The molecule has 8 atom stereocenters. The molecule has 8 N–H and O–H groups in total. The number of carbonyl (C=O) groups is 8. The van der Waals surface area contributed by atoms with Crippen molar-refractivity contribution in [1.82, 2.24) is 52.5 Å². The Bertz CT molecular complexity index is 3520. The first-order valence-corrected chi connectivity index (χ1v) is 30.3. The quantitative estimate of drug-likeness (QED) is 0.0323. The number of ether oxygens (including phenoxy) is 1. The number of benzene rings is 5. The molecule has 456 valence electrons. The highest BCUT2D eigenvalue weighted by atomic mass is 16.5. The lowest BCUT2D eigenvalue weighted by molar-refractivity contribution is -0.131. The highest BCUT2D eigenvalue weighted by molar-refractivity contribution is 5.98. The van der Waals surface area contributed by atoms with E-state index >= 15 is 0 Å². The van der Waals surface area contributed by atoms with Crippen molar-refractivity contribution in [3.8, 4) is 12.1 Å².